The summed E-state index contributed by atoms with van der Waals surface area (Å²) < 4.78 is 0. The molecule has 0 spiro atoms. The Morgan fingerprint density at radius 2 is 2.00 bits per heavy atom. The topological polar surface area (TPSA) is 29.3 Å². The summed E-state index contributed by atoms with van der Waals surface area (Å²) in [5.41, 5.74) is 6.35. The highest BCUT2D eigenvalue weighted by Crippen LogP contribution is 2.39. The van der Waals surface area contributed by atoms with E-state index in [4.69, 9.17) is 5.73 Å². The van der Waals surface area contributed by atoms with Crippen LogP contribution in [-0.2, 0) is 0 Å². The third-order valence-corrected chi connectivity index (χ3v) is 5.72. The standard InChI is InChI=1S/C15H28N2/c1-2-11-4-6-15(16)13(7-11)10-17-9-12-3-5-14(17)8-12/h11-15H,2-10,16H2,1H3. The summed E-state index contributed by atoms with van der Waals surface area (Å²) in [7, 11) is 0. The summed E-state index contributed by atoms with van der Waals surface area (Å²) in [4.78, 5) is 2.77. The van der Waals surface area contributed by atoms with Gasteiger partial charge in [0.2, 0.25) is 0 Å². The first kappa shape index (κ1) is 12.0. The van der Waals surface area contributed by atoms with Gasteiger partial charge in [-0.3, -0.25) is 4.90 Å². The van der Waals surface area contributed by atoms with Crippen molar-refractivity contribution < 1.29 is 0 Å². The van der Waals surface area contributed by atoms with E-state index in [0.29, 0.717) is 6.04 Å². The molecule has 0 radical (unpaired) electrons. The van der Waals surface area contributed by atoms with Crippen LogP contribution >= 0.6 is 0 Å². The van der Waals surface area contributed by atoms with Crippen molar-refractivity contribution in [2.24, 2.45) is 23.5 Å². The molecule has 5 atom stereocenters. The largest absolute Gasteiger partial charge is 0.327 e. The molecule has 98 valence electrons. The lowest BCUT2D eigenvalue weighted by Gasteiger charge is -2.38. The molecule has 1 saturated heterocycles. The van der Waals surface area contributed by atoms with Crippen LogP contribution in [0, 0.1) is 17.8 Å². The Kier molecular flexibility index (Phi) is 3.45. The van der Waals surface area contributed by atoms with Crippen molar-refractivity contribution in [3.63, 3.8) is 0 Å². The number of hydrogen-bond donors (Lipinski definition) is 1. The van der Waals surface area contributed by atoms with Crippen LogP contribution in [0.1, 0.15) is 51.9 Å². The van der Waals surface area contributed by atoms with Gasteiger partial charge in [0.1, 0.15) is 0 Å². The Hall–Kier alpha value is -0.0800. The summed E-state index contributed by atoms with van der Waals surface area (Å²) in [6, 6.07) is 1.41. The van der Waals surface area contributed by atoms with Crippen LogP contribution in [0.4, 0.5) is 0 Å². The van der Waals surface area contributed by atoms with Crippen LogP contribution in [0.2, 0.25) is 0 Å². The molecule has 2 aliphatic carbocycles. The lowest BCUT2D eigenvalue weighted by Crippen LogP contribution is -2.45. The first-order chi connectivity index (χ1) is 8.26. The van der Waals surface area contributed by atoms with Gasteiger partial charge in [0.15, 0.2) is 0 Å². The number of piperidine rings is 1. The molecule has 2 N–H and O–H groups in total. The third-order valence-electron chi connectivity index (χ3n) is 5.72. The molecule has 1 heterocycles. The van der Waals surface area contributed by atoms with Crippen molar-refractivity contribution in [3.05, 3.63) is 0 Å². The molecular weight excluding hydrogens is 208 g/mol. The van der Waals surface area contributed by atoms with Gasteiger partial charge in [0.05, 0.1) is 0 Å². The lowest BCUT2D eigenvalue weighted by molar-refractivity contribution is 0.130. The monoisotopic (exact) mass is 236 g/mol. The summed E-state index contributed by atoms with van der Waals surface area (Å²) in [6.45, 7) is 5.03. The first-order valence-corrected chi connectivity index (χ1v) is 7.76. The molecule has 17 heavy (non-hydrogen) atoms. The van der Waals surface area contributed by atoms with Crippen LogP contribution < -0.4 is 5.73 Å². The quantitative estimate of drug-likeness (QED) is 0.816. The second kappa shape index (κ2) is 4.89. The van der Waals surface area contributed by atoms with E-state index in [9.17, 15) is 0 Å². The molecule has 2 saturated carbocycles. The second-order valence-electron chi connectivity index (χ2n) is 6.80. The molecular formula is C15H28N2. The van der Waals surface area contributed by atoms with Gasteiger partial charge in [0.25, 0.3) is 0 Å². The number of likely N-dealkylation sites (tertiary alicyclic amines) is 1. The van der Waals surface area contributed by atoms with Crippen LogP contribution in [0.5, 0.6) is 0 Å². The predicted molar refractivity (Wildman–Crippen MR) is 71.8 cm³/mol. The maximum absolute atomic E-state index is 6.35. The van der Waals surface area contributed by atoms with Crippen LogP contribution in [0.25, 0.3) is 0 Å². The minimum Gasteiger partial charge on any atom is -0.327 e. The fraction of sp³-hybridized carbons (Fsp3) is 1.00. The normalized spacial score (nSPS) is 46.6. The van der Waals surface area contributed by atoms with E-state index in [1.807, 2.05) is 0 Å². The van der Waals surface area contributed by atoms with Crippen LogP contribution in [0.3, 0.4) is 0 Å². The minimum atomic E-state index is 0.483. The molecule has 2 bridgehead atoms. The van der Waals surface area contributed by atoms with Gasteiger partial charge in [-0.25, -0.2) is 0 Å². The van der Waals surface area contributed by atoms with Gasteiger partial charge in [0, 0.05) is 25.2 Å². The first-order valence-electron chi connectivity index (χ1n) is 7.76. The molecule has 0 aromatic rings. The van der Waals surface area contributed by atoms with Crippen molar-refractivity contribution in [2.45, 2.75) is 64.0 Å². The lowest BCUT2D eigenvalue weighted by atomic mass is 9.77. The van der Waals surface area contributed by atoms with Crippen molar-refractivity contribution in [3.8, 4) is 0 Å². The molecule has 5 unspecified atom stereocenters. The van der Waals surface area contributed by atoms with Crippen molar-refractivity contribution in [1.29, 1.82) is 0 Å². The minimum absolute atomic E-state index is 0.483. The van der Waals surface area contributed by atoms with Gasteiger partial charge < -0.3 is 5.73 Å². The Labute approximate surface area is 106 Å². The van der Waals surface area contributed by atoms with Gasteiger partial charge in [-0.2, -0.15) is 0 Å². The highest BCUT2D eigenvalue weighted by molar-refractivity contribution is 4.94. The Bertz CT molecular complexity index is 266. The summed E-state index contributed by atoms with van der Waals surface area (Å²) in [5, 5.41) is 0. The smallest absolute Gasteiger partial charge is 0.00987 e. The SMILES string of the molecule is CCC1CCC(N)C(CN2CC3CCC2C3)C1. The zero-order chi connectivity index (χ0) is 11.8. The zero-order valence-electron chi connectivity index (χ0n) is 11.3. The van der Waals surface area contributed by atoms with E-state index in [0.717, 1.165) is 23.8 Å². The van der Waals surface area contributed by atoms with Gasteiger partial charge in [-0.1, -0.05) is 13.3 Å². The van der Waals surface area contributed by atoms with Crippen molar-refractivity contribution in [2.75, 3.05) is 13.1 Å². The fourth-order valence-electron chi connectivity index (χ4n) is 4.52. The molecule has 2 nitrogen and oxygen atoms in total. The summed E-state index contributed by atoms with van der Waals surface area (Å²) >= 11 is 0. The van der Waals surface area contributed by atoms with Gasteiger partial charge >= 0.3 is 0 Å². The molecule has 0 aromatic heterocycles. The number of nitrogens with two attached hydrogens (primary N) is 1. The average molecular weight is 236 g/mol. The Morgan fingerprint density at radius 1 is 1.12 bits per heavy atom. The van der Waals surface area contributed by atoms with E-state index in [1.165, 1.54) is 58.0 Å². The number of nitrogens with zero attached hydrogens (tertiary/aromatic N) is 1. The fourth-order valence-corrected chi connectivity index (χ4v) is 4.52. The van der Waals surface area contributed by atoms with Crippen LogP contribution in [-0.4, -0.2) is 30.1 Å². The van der Waals surface area contributed by atoms with E-state index in [2.05, 4.69) is 11.8 Å². The van der Waals surface area contributed by atoms with E-state index in [-0.39, 0.29) is 0 Å². The maximum atomic E-state index is 6.35. The highest BCUT2D eigenvalue weighted by Gasteiger charge is 2.39. The molecule has 1 aliphatic heterocycles. The van der Waals surface area contributed by atoms with E-state index >= 15 is 0 Å². The highest BCUT2D eigenvalue weighted by atomic mass is 15.2. The number of fused-ring (bicyclic) bond motifs is 2. The van der Waals surface area contributed by atoms with E-state index in [1.54, 1.807) is 0 Å². The second-order valence-corrected chi connectivity index (χ2v) is 6.80. The Morgan fingerprint density at radius 3 is 2.65 bits per heavy atom. The molecule has 3 fully saturated rings. The average Bonchev–Trinajstić information content (AvgIpc) is 2.94. The molecule has 0 amide bonds. The van der Waals surface area contributed by atoms with Crippen molar-refractivity contribution in [1.82, 2.24) is 4.90 Å². The van der Waals surface area contributed by atoms with Gasteiger partial charge in [-0.05, 0) is 56.3 Å². The van der Waals surface area contributed by atoms with Gasteiger partial charge in [-0.15, -0.1) is 0 Å². The molecule has 3 aliphatic rings. The predicted octanol–water partition coefficient (Wildman–Crippen LogP) is 2.62. The van der Waals surface area contributed by atoms with E-state index < -0.39 is 0 Å². The molecule has 0 aromatic carbocycles. The Balaban J connectivity index is 1.56. The number of hydrogen-bond acceptors (Lipinski definition) is 2. The summed E-state index contributed by atoms with van der Waals surface area (Å²) in [5.74, 6) is 2.77. The molecule has 3 rings (SSSR count). The number of rotatable bonds is 3. The van der Waals surface area contributed by atoms with Crippen LogP contribution in [0.15, 0.2) is 0 Å². The third kappa shape index (κ3) is 2.39. The maximum Gasteiger partial charge on any atom is 0.00987 e. The van der Waals surface area contributed by atoms with Crippen molar-refractivity contribution >= 4 is 0 Å². The zero-order valence-corrected chi connectivity index (χ0v) is 11.3. The summed E-state index contributed by atoms with van der Waals surface area (Å²) in [6.07, 6.45) is 9.84. The molecule has 2 heteroatoms.